The summed E-state index contributed by atoms with van der Waals surface area (Å²) in [4.78, 5) is 15.6. The first-order valence-electron chi connectivity index (χ1n) is 9.57. The molecule has 1 heterocycles. The van der Waals surface area contributed by atoms with Crippen molar-refractivity contribution in [2.24, 2.45) is 5.14 Å². The Morgan fingerprint density at radius 3 is 2.23 bits per heavy atom. The number of nitrogens with two attached hydrogens (primary N) is 1. The van der Waals surface area contributed by atoms with Crippen LogP contribution < -0.4 is 10.5 Å². The maximum Gasteiger partial charge on any atom is 0.240 e. The molecule has 26 heavy (non-hydrogen) atoms. The third kappa shape index (κ3) is 4.27. The zero-order valence-electron chi connectivity index (χ0n) is 15.2. The van der Waals surface area contributed by atoms with Crippen LogP contribution >= 0.6 is 0 Å². The number of hydrogen-bond acceptors (Lipinski definition) is 4. The molecule has 0 bridgehead atoms. The maximum atomic E-state index is 13.0. The van der Waals surface area contributed by atoms with Crippen molar-refractivity contribution in [3.63, 3.8) is 0 Å². The Morgan fingerprint density at radius 1 is 1.04 bits per heavy atom. The van der Waals surface area contributed by atoms with Crippen molar-refractivity contribution in [1.82, 2.24) is 10.2 Å². The fourth-order valence-electron chi connectivity index (χ4n) is 4.30. The number of carbonyl (C=O) groups excluding carboxylic acids is 1. The van der Waals surface area contributed by atoms with Crippen LogP contribution in [0, 0.1) is 0 Å². The monoisotopic (exact) mass is 379 g/mol. The normalized spacial score (nSPS) is 20.8. The Balaban J connectivity index is 1.58. The Kier molecular flexibility index (Phi) is 5.99. The van der Waals surface area contributed by atoms with E-state index in [1.165, 1.54) is 31.4 Å². The summed E-state index contributed by atoms with van der Waals surface area (Å²) >= 11 is 0. The van der Waals surface area contributed by atoms with Gasteiger partial charge in [0.2, 0.25) is 15.9 Å². The number of hydrogen-bond donors (Lipinski definition) is 2. The molecular weight excluding hydrogens is 350 g/mol. The predicted molar refractivity (Wildman–Crippen MR) is 101 cm³/mol. The Bertz CT molecular complexity index is 719. The zero-order valence-corrected chi connectivity index (χ0v) is 16.1. The van der Waals surface area contributed by atoms with E-state index in [0.29, 0.717) is 13.0 Å². The highest BCUT2D eigenvalue weighted by molar-refractivity contribution is 7.89. The summed E-state index contributed by atoms with van der Waals surface area (Å²) in [6, 6.07) is 6.53. The van der Waals surface area contributed by atoms with Crippen LogP contribution in [0.2, 0.25) is 0 Å². The van der Waals surface area contributed by atoms with Crippen LogP contribution in [-0.4, -0.2) is 44.4 Å². The molecule has 1 amide bonds. The van der Waals surface area contributed by atoms with Gasteiger partial charge in [-0.1, -0.05) is 31.4 Å². The first-order chi connectivity index (χ1) is 12.4. The minimum Gasteiger partial charge on any atom is -0.354 e. The van der Waals surface area contributed by atoms with Gasteiger partial charge < -0.3 is 5.32 Å². The average molecular weight is 380 g/mol. The van der Waals surface area contributed by atoms with E-state index in [0.717, 1.165) is 44.3 Å². The van der Waals surface area contributed by atoms with E-state index in [4.69, 9.17) is 5.14 Å². The van der Waals surface area contributed by atoms with Gasteiger partial charge in [-0.05, 0) is 62.9 Å². The Morgan fingerprint density at radius 2 is 1.65 bits per heavy atom. The molecule has 0 unspecified atom stereocenters. The molecule has 2 fully saturated rings. The van der Waals surface area contributed by atoms with Gasteiger partial charge in [0.05, 0.1) is 4.90 Å². The lowest BCUT2D eigenvalue weighted by atomic mass is 9.79. The van der Waals surface area contributed by atoms with Gasteiger partial charge in [-0.3, -0.25) is 9.69 Å². The first kappa shape index (κ1) is 19.3. The molecular formula is C19H29N3O3S. The summed E-state index contributed by atoms with van der Waals surface area (Å²) in [5.41, 5.74) is 0.670. The zero-order chi connectivity index (χ0) is 18.6. The lowest BCUT2D eigenvalue weighted by Crippen LogP contribution is -2.59. The summed E-state index contributed by atoms with van der Waals surface area (Å²) in [6.45, 7) is 2.62. The molecule has 1 saturated carbocycles. The van der Waals surface area contributed by atoms with E-state index in [9.17, 15) is 13.2 Å². The molecule has 1 saturated heterocycles. The van der Waals surface area contributed by atoms with Gasteiger partial charge in [0.15, 0.2) is 0 Å². The minimum atomic E-state index is -3.66. The molecule has 3 N–H and O–H groups in total. The number of primary sulfonamides is 1. The third-order valence-electron chi connectivity index (χ3n) is 5.77. The average Bonchev–Trinajstić information content (AvgIpc) is 3.17. The predicted octanol–water partition coefficient (Wildman–Crippen LogP) is 1.79. The van der Waals surface area contributed by atoms with Crippen molar-refractivity contribution < 1.29 is 13.2 Å². The quantitative estimate of drug-likeness (QED) is 0.788. The highest BCUT2D eigenvalue weighted by atomic mass is 32.2. The summed E-state index contributed by atoms with van der Waals surface area (Å²) in [5.74, 6) is 0.167. The van der Waals surface area contributed by atoms with Crippen molar-refractivity contribution in [2.45, 2.75) is 61.8 Å². The SMILES string of the molecule is NS(=O)(=O)c1ccc(CCNC(=O)C2(N3CCCC3)CCCCC2)cc1. The molecule has 0 radical (unpaired) electrons. The highest BCUT2D eigenvalue weighted by Crippen LogP contribution is 2.36. The molecule has 2 aliphatic rings. The van der Waals surface area contributed by atoms with Crippen LogP contribution in [0.4, 0.5) is 0 Å². The molecule has 144 valence electrons. The summed E-state index contributed by atoms with van der Waals surface area (Å²) in [7, 11) is -3.66. The van der Waals surface area contributed by atoms with Crippen molar-refractivity contribution in [3.05, 3.63) is 29.8 Å². The standard InChI is InChI=1S/C19H29N3O3S/c20-26(24,25)17-8-6-16(7-9-17)10-13-21-18(23)19(11-2-1-3-12-19)22-14-4-5-15-22/h6-9H,1-5,10-15H2,(H,21,23)(H2,20,24,25). The van der Waals surface area contributed by atoms with Crippen LogP contribution in [0.15, 0.2) is 29.2 Å². The van der Waals surface area contributed by atoms with Crippen LogP contribution in [0.25, 0.3) is 0 Å². The fourth-order valence-corrected chi connectivity index (χ4v) is 4.81. The number of likely N-dealkylation sites (tertiary alicyclic amines) is 1. The van der Waals surface area contributed by atoms with Gasteiger partial charge in [-0.2, -0.15) is 0 Å². The Labute approximate surface area is 156 Å². The number of sulfonamides is 1. The van der Waals surface area contributed by atoms with Crippen LogP contribution in [0.1, 0.15) is 50.5 Å². The van der Waals surface area contributed by atoms with Gasteiger partial charge >= 0.3 is 0 Å². The lowest BCUT2D eigenvalue weighted by molar-refractivity contribution is -0.135. The molecule has 7 heteroatoms. The number of benzene rings is 1. The van der Waals surface area contributed by atoms with Gasteiger partial charge in [-0.25, -0.2) is 13.6 Å². The fraction of sp³-hybridized carbons (Fsp3) is 0.632. The van der Waals surface area contributed by atoms with E-state index in [-0.39, 0.29) is 16.3 Å². The van der Waals surface area contributed by atoms with Crippen molar-refractivity contribution in [3.8, 4) is 0 Å². The molecule has 1 aromatic rings. The van der Waals surface area contributed by atoms with E-state index < -0.39 is 10.0 Å². The highest BCUT2D eigenvalue weighted by Gasteiger charge is 2.45. The van der Waals surface area contributed by atoms with E-state index in [2.05, 4.69) is 10.2 Å². The number of carbonyl (C=O) groups is 1. The molecule has 0 spiro atoms. The van der Waals surface area contributed by atoms with Gasteiger partial charge in [0.25, 0.3) is 0 Å². The minimum absolute atomic E-state index is 0.112. The molecule has 0 aromatic heterocycles. The second-order valence-corrected chi connectivity index (χ2v) is 9.04. The molecule has 0 atom stereocenters. The molecule has 6 nitrogen and oxygen atoms in total. The second-order valence-electron chi connectivity index (χ2n) is 7.48. The smallest absolute Gasteiger partial charge is 0.240 e. The molecule has 1 aliphatic heterocycles. The number of nitrogens with one attached hydrogen (secondary N) is 1. The van der Waals surface area contributed by atoms with Gasteiger partial charge in [0.1, 0.15) is 5.54 Å². The molecule has 1 aliphatic carbocycles. The largest absolute Gasteiger partial charge is 0.354 e. The van der Waals surface area contributed by atoms with E-state index in [1.54, 1.807) is 12.1 Å². The van der Waals surface area contributed by atoms with E-state index >= 15 is 0 Å². The third-order valence-corrected chi connectivity index (χ3v) is 6.70. The Hall–Kier alpha value is -1.44. The van der Waals surface area contributed by atoms with Crippen LogP contribution in [0.5, 0.6) is 0 Å². The lowest BCUT2D eigenvalue weighted by Gasteiger charge is -2.43. The van der Waals surface area contributed by atoms with Crippen LogP contribution in [0.3, 0.4) is 0 Å². The van der Waals surface area contributed by atoms with Crippen molar-refractivity contribution in [2.75, 3.05) is 19.6 Å². The summed E-state index contributed by atoms with van der Waals surface area (Å²) in [6.07, 6.45) is 8.44. The number of rotatable bonds is 6. The molecule has 3 rings (SSSR count). The van der Waals surface area contributed by atoms with Crippen molar-refractivity contribution >= 4 is 15.9 Å². The number of nitrogens with zero attached hydrogens (tertiary/aromatic N) is 1. The topological polar surface area (TPSA) is 92.5 Å². The van der Waals surface area contributed by atoms with Gasteiger partial charge in [-0.15, -0.1) is 0 Å². The van der Waals surface area contributed by atoms with E-state index in [1.807, 2.05) is 0 Å². The maximum absolute atomic E-state index is 13.0. The van der Waals surface area contributed by atoms with Crippen LogP contribution in [-0.2, 0) is 21.2 Å². The first-order valence-corrected chi connectivity index (χ1v) is 11.1. The summed E-state index contributed by atoms with van der Waals surface area (Å²) in [5, 5.41) is 8.25. The molecule has 1 aromatic carbocycles. The second kappa shape index (κ2) is 8.06. The van der Waals surface area contributed by atoms with Crippen molar-refractivity contribution in [1.29, 1.82) is 0 Å². The van der Waals surface area contributed by atoms with Gasteiger partial charge in [0, 0.05) is 6.54 Å². The summed E-state index contributed by atoms with van der Waals surface area (Å²) < 4.78 is 22.6. The number of amides is 1.